The van der Waals surface area contributed by atoms with E-state index in [1.54, 1.807) is 12.1 Å². The van der Waals surface area contributed by atoms with Crippen LogP contribution in [0.25, 0.3) is 0 Å². The van der Waals surface area contributed by atoms with Gasteiger partial charge in [-0.25, -0.2) is 12.8 Å². The van der Waals surface area contributed by atoms with Crippen LogP contribution in [0.2, 0.25) is 0 Å². The molecule has 1 fully saturated rings. The van der Waals surface area contributed by atoms with E-state index in [9.17, 15) is 12.8 Å². The first-order chi connectivity index (χ1) is 9.94. The van der Waals surface area contributed by atoms with Gasteiger partial charge in [0.1, 0.15) is 5.82 Å². The van der Waals surface area contributed by atoms with Gasteiger partial charge < -0.3 is 5.32 Å². The molecule has 0 aromatic heterocycles. The Balaban J connectivity index is 2.20. The predicted molar refractivity (Wildman–Crippen MR) is 86.7 cm³/mol. The first-order valence-electron chi connectivity index (χ1n) is 7.33. The minimum Gasteiger partial charge on any atom is -0.313 e. The van der Waals surface area contributed by atoms with E-state index in [0.29, 0.717) is 17.3 Å². The van der Waals surface area contributed by atoms with Crippen molar-refractivity contribution >= 4 is 25.8 Å². The summed E-state index contributed by atoms with van der Waals surface area (Å²) in [5.41, 5.74) is 0.940. The Morgan fingerprint density at radius 3 is 2.81 bits per heavy atom. The number of nitrogens with one attached hydrogen (secondary N) is 1. The molecule has 0 radical (unpaired) electrons. The van der Waals surface area contributed by atoms with Crippen LogP contribution in [0.4, 0.5) is 4.39 Å². The summed E-state index contributed by atoms with van der Waals surface area (Å²) in [6.07, 6.45) is 3.03. The summed E-state index contributed by atoms with van der Waals surface area (Å²) in [7, 11) is -3.03. The molecule has 6 heteroatoms. The molecule has 21 heavy (non-hydrogen) atoms. The van der Waals surface area contributed by atoms with E-state index in [-0.39, 0.29) is 22.9 Å². The highest BCUT2D eigenvalue weighted by Crippen LogP contribution is 2.25. The fourth-order valence-corrected chi connectivity index (χ4v) is 5.50. The number of hydrogen-bond donors (Lipinski definition) is 1. The van der Waals surface area contributed by atoms with Gasteiger partial charge in [-0.3, -0.25) is 0 Å². The van der Waals surface area contributed by atoms with Crippen LogP contribution in [-0.2, 0) is 16.3 Å². The van der Waals surface area contributed by atoms with Crippen molar-refractivity contribution in [2.45, 2.75) is 43.9 Å². The predicted octanol–water partition coefficient (Wildman–Crippen LogP) is 3.08. The molecule has 0 saturated carbocycles. The van der Waals surface area contributed by atoms with Gasteiger partial charge in [-0.1, -0.05) is 19.4 Å². The van der Waals surface area contributed by atoms with Crippen molar-refractivity contribution in [2.24, 2.45) is 0 Å². The van der Waals surface area contributed by atoms with E-state index in [0.717, 1.165) is 24.9 Å². The molecule has 2 unspecified atom stereocenters. The third kappa shape index (κ3) is 4.27. The summed E-state index contributed by atoms with van der Waals surface area (Å²) in [5.74, 6) is -0.0174. The lowest BCUT2D eigenvalue weighted by atomic mass is 9.99. The van der Waals surface area contributed by atoms with Crippen molar-refractivity contribution in [3.8, 4) is 0 Å². The van der Waals surface area contributed by atoms with Crippen LogP contribution in [0.1, 0.15) is 31.7 Å². The lowest BCUT2D eigenvalue weighted by Gasteiger charge is -2.30. The van der Waals surface area contributed by atoms with E-state index < -0.39 is 9.84 Å². The third-order valence-electron chi connectivity index (χ3n) is 3.98. The molecule has 0 spiro atoms. The highest BCUT2D eigenvalue weighted by atomic mass is 79.9. The lowest BCUT2D eigenvalue weighted by Crippen LogP contribution is -2.47. The summed E-state index contributed by atoms with van der Waals surface area (Å²) in [5, 5.41) is 2.96. The van der Waals surface area contributed by atoms with Crippen LogP contribution < -0.4 is 5.32 Å². The molecular formula is C15H21BrFNO2S. The Kier molecular flexibility index (Phi) is 5.80. The van der Waals surface area contributed by atoms with E-state index in [1.165, 1.54) is 6.07 Å². The Hall–Kier alpha value is -0.460. The fraction of sp³-hybridized carbons (Fsp3) is 0.600. The molecule has 0 amide bonds. The minimum absolute atomic E-state index is 0.113. The van der Waals surface area contributed by atoms with Crippen molar-refractivity contribution < 1.29 is 12.8 Å². The van der Waals surface area contributed by atoms with E-state index in [2.05, 4.69) is 21.2 Å². The summed E-state index contributed by atoms with van der Waals surface area (Å²) in [6.45, 7) is 2.70. The van der Waals surface area contributed by atoms with Gasteiger partial charge in [0.2, 0.25) is 0 Å². The molecule has 118 valence electrons. The second-order valence-corrected chi connectivity index (χ2v) is 8.71. The number of halogens is 2. The van der Waals surface area contributed by atoms with Gasteiger partial charge in [-0.2, -0.15) is 0 Å². The van der Waals surface area contributed by atoms with Gasteiger partial charge >= 0.3 is 0 Å². The molecular weight excluding hydrogens is 357 g/mol. The fourth-order valence-electron chi connectivity index (χ4n) is 2.95. The molecule has 1 aromatic rings. The Labute approximate surface area is 134 Å². The van der Waals surface area contributed by atoms with Crippen molar-refractivity contribution in [1.29, 1.82) is 0 Å². The molecule has 3 nitrogen and oxygen atoms in total. The number of hydrogen-bond acceptors (Lipinski definition) is 3. The van der Waals surface area contributed by atoms with Gasteiger partial charge in [-0.05, 0) is 59.4 Å². The second-order valence-electron chi connectivity index (χ2n) is 5.52. The van der Waals surface area contributed by atoms with Crippen LogP contribution >= 0.6 is 15.9 Å². The average molecular weight is 378 g/mol. The SMILES string of the molecule is CCNC(Cc1ccc(F)c(Br)c1)C1CCCCS1(=O)=O. The van der Waals surface area contributed by atoms with Crippen molar-refractivity contribution in [3.63, 3.8) is 0 Å². The average Bonchev–Trinajstić information content (AvgIpc) is 2.42. The molecule has 1 N–H and O–H groups in total. The maximum atomic E-state index is 13.3. The molecule has 2 atom stereocenters. The number of likely N-dealkylation sites (N-methyl/N-ethyl adjacent to an activating group) is 1. The van der Waals surface area contributed by atoms with Crippen molar-refractivity contribution in [2.75, 3.05) is 12.3 Å². The van der Waals surface area contributed by atoms with Gasteiger partial charge in [0.25, 0.3) is 0 Å². The first kappa shape index (κ1) is 16.9. The van der Waals surface area contributed by atoms with Crippen LogP contribution in [0.3, 0.4) is 0 Å². The van der Waals surface area contributed by atoms with Crippen molar-refractivity contribution in [3.05, 3.63) is 34.1 Å². The topological polar surface area (TPSA) is 46.2 Å². The standard InChI is InChI=1S/C15H21BrFNO2S/c1-2-18-14(15-5-3-4-8-21(15,19)20)10-11-6-7-13(17)12(16)9-11/h6-7,9,14-15,18H,2-5,8,10H2,1H3. The molecule has 1 aliphatic heterocycles. The lowest BCUT2D eigenvalue weighted by molar-refractivity contribution is 0.440. The first-order valence-corrected chi connectivity index (χ1v) is 9.83. The highest BCUT2D eigenvalue weighted by molar-refractivity contribution is 9.10. The maximum absolute atomic E-state index is 13.3. The zero-order valence-corrected chi connectivity index (χ0v) is 14.5. The molecule has 0 bridgehead atoms. The highest BCUT2D eigenvalue weighted by Gasteiger charge is 2.35. The maximum Gasteiger partial charge on any atom is 0.154 e. The monoisotopic (exact) mass is 377 g/mol. The quantitative estimate of drug-likeness (QED) is 0.857. The Bertz CT molecular complexity index is 591. The largest absolute Gasteiger partial charge is 0.313 e. The summed E-state index contributed by atoms with van der Waals surface area (Å²) in [4.78, 5) is 0. The Morgan fingerprint density at radius 2 is 2.19 bits per heavy atom. The zero-order chi connectivity index (χ0) is 15.5. The smallest absolute Gasteiger partial charge is 0.154 e. The van der Waals surface area contributed by atoms with Gasteiger partial charge in [0.05, 0.1) is 15.5 Å². The minimum atomic E-state index is -3.03. The number of benzene rings is 1. The summed E-state index contributed by atoms with van der Waals surface area (Å²) < 4.78 is 38.3. The molecule has 1 aromatic carbocycles. The number of sulfone groups is 1. The van der Waals surface area contributed by atoms with Gasteiger partial charge in [-0.15, -0.1) is 0 Å². The molecule has 0 aliphatic carbocycles. The van der Waals surface area contributed by atoms with E-state index in [1.807, 2.05) is 6.92 Å². The molecule has 2 rings (SSSR count). The third-order valence-corrected chi connectivity index (χ3v) is 6.94. The summed E-state index contributed by atoms with van der Waals surface area (Å²) >= 11 is 3.18. The van der Waals surface area contributed by atoms with E-state index >= 15 is 0 Å². The molecule has 1 aliphatic rings. The van der Waals surface area contributed by atoms with Crippen LogP contribution in [0, 0.1) is 5.82 Å². The molecule has 1 heterocycles. The normalized spacial score (nSPS) is 22.9. The van der Waals surface area contributed by atoms with Gasteiger partial charge in [0.15, 0.2) is 9.84 Å². The molecule has 1 saturated heterocycles. The van der Waals surface area contributed by atoms with Crippen molar-refractivity contribution in [1.82, 2.24) is 5.32 Å². The Morgan fingerprint density at radius 1 is 1.43 bits per heavy atom. The van der Waals surface area contributed by atoms with Crippen LogP contribution in [0.15, 0.2) is 22.7 Å². The summed E-state index contributed by atoms with van der Waals surface area (Å²) in [6, 6.07) is 4.75. The second kappa shape index (κ2) is 7.20. The van der Waals surface area contributed by atoms with Crippen LogP contribution in [-0.4, -0.2) is 32.0 Å². The van der Waals surface area contributed by atoms with Crippen LogP contribution in [0.5, 0.6) is 0 Å². The van der Waals surface area contributed by atoms with Gasteiger partial charge in [0, 0.05) is 6.04 Å². The van der Waals surface area contributed by atoms with E-state index in [4.69, 9.17) is 0 Å². The zero-order valence-electron chi connectivity index (χ0n) is 12.1. The number of rotatable bonds is 5.